The van der Waals surface area contributed by atoms with E-state index in [0.29, 0.717) is 0 Å². The van der Waals surface area contributed by atoms with Crippen molar-refractivity contribution in [1.82, 2.24) is 10.2 Å². The summed E-state index contributed by atoms with van der Waals surface area (Å²) in [4.78, 5) is 38.1. The number of nitrogens with zero attached hydrogens (tertiary/aromatic N) is 1. The number of rotatable bonds is 5. The molecule has 0 spiro atoms. The van der Waals surface area contributed by atoms with Gasteiger partial charge in [0.1, 0.15) is 12.6 Å². The van der Waals surface area contributed by atoms with Crippen LogP contribution in [0.5, 0.6) is 0 Å². The van der Waals surface area contributed by atoms with Crippen molar-refractivity contribution in [3.8, 4) is 11.1 Å². The molecular formula is C24H26N2O6. The predicted octanol–water partition coefficient (Wildman–Crippen LogP) is 2.61. The smallest absolute Gasteiger partial charge is 0.407 e. The van der Waals surface area contributed by atoms with Crippen LogP contribution in [0.25, 0.3) is 11.1 Å². The zero-order valence-electron chi connectivity index (χ0n) is 18.0. The lowest BCUT2D eigenvalue weighted by molar-refractivity contribution is -0.165. The first kappa shape index (κ1) is 21.8. The van der Waals surface area contributed by atoms with Gasteiger partial charge in [0, 0.05) is 12.5 Å². The molecule has 1 fully saturated rings. The Labute approximate surface area is 186 Å². The van der Waals surface area contributed by atoms with E-state index in [1.54, 1.807) is 6.92 Å². The largest absolute Gasteiger partial charge is 0.480 e. The summed E-state index contributed by atoms with van der Waals surface area (Å²) in [6.45, 7) is 3.66. The molecule has 2 unspecified atom stereocenters. The lowest BCUT2D eigenvalue weighted by Gasteiger charge is -2.38. The zero-order chi connectivity index (χ0) is 22.8. The van der Waals surface area contributed by atoms with Gasteiger partial charge >= 0.3 is 12.1 Å². The molecule has 0 saturated carbocycles. The lowest BCUT2D eigenvalue weighted by atomic mass is 9.98. The van der Waals surface area contributed by atoms with Gasteiger partial charge in [-0.25, -0.2) is 9.59 Å². The first-order valence-electron chi connectivity index (χ1n) is 10.6. The topological polar surface area (TPSA) is 105 Å². The molecule has 2 aromatic carbocycles. The SMILES string of the molecule is CC1OCCN(C(=O)[C@@H](C)NC(=O)OCC2c3ccccc3-c3ccccc32)C1C(=O)O. The fraction of sp³-hybridized carbons (Fsp3) is 0.375. The Morgan fingerprint density at radius 2 is 1.72 bits per heavy atom. The molecule has 0 radical (unpaired) electrons. The summed E-state index contributed by atoms with van der Waals surface area (Å²) in [6, 6.07) is 14.0. The van der Waals surface area contributed by atoms with Crippen molar-refractivity contribution in [1.29, 1.82) is 0 Å². The highest BCUT2D eigenvalue weighted by atomic mass is 16.5. The summed E-state index contributed by atoms with van der Waals surface area (Å²) >= 11 is 0. The fourth-order valence-electron chi connectivity index (χ4n) is 4.53. The number of benzene rings is 2. The summed E-state index contributed by atoms with van der Waals surface area (Å²) < 4.78 is 10.8. The monoisotopic (exact) mass is 438 g/mol. The zero-order valence-corrected chi connectivity index (χ0v) is 18.0. The van der Waals surface area contributed by atoms with Crippen molar-refractivity contribution in [3.05, 3.63) is 59.7 Å². The lowest BCUT2D eigenvalue weighted by Crippen LogP contribution is -2.60. The quantitative estimate of drug-likeness (QED) is 0.744. The molecule has 3 atom stereocenters. The van der Waals surface area contributed by atoms with E-state index in [1.807, 2.05) is 36.4 Å². The minimum Gasteiger partial charge on any atom is -0.480 e. The van der Waals surface area contributed by atoms with Gasteiger partial charge in [0.15, 0.2) is 6.04 Å². The van der Waals surface area contributed by atoms with Crippen molar-refractivity contribution in [3.63, 3.8) is 0 Å². The number of amides is 2. The summed E-state index contributed by atoms with van der Waals surface area (Å²) in [6.07, 6.45) is -1.35. The van der Waals surface area contributed by atoms with Crippen LogP contribution in [0.1, 0.15) is 30.9 Å². The fourth-order valence-corrected chi connectivity index (χ4v) is 4.53. The van der Waals surface area contributed by atoms with Gasteiger partial charge in [0.05, 0.1) is 12.7 Å². The van der Waals surface area contributed by atoms with Crippen molar-refractivity contribution < 1.29 is 29.0 Å². The van der Waals surface area contributed by atoms with Crippen LogP contribution in [0.4, 0.5) is 4.79 Å². The van der Waals surface area contributed by atoms with Gasteiger partial charge in [-0.3, -0.25) is 4.79 Å². The number of carbonyl (C=O) groups is 3. The number of nitrogens with one attached hydrogen (secondary N) is 1. The molecule has 2 aromatic rings. The first-order valence-corrected chi connectivity index (χ1v) is 10.6. The number of hydrogen-bond donors (Lipinski definition) is 2. The number of hydrogen-bond acceptors (Lipinski definition) is 5. The Hall–Kier alpha value is -3.39. The minimum atomic E-state index is -1.14. The third kappa shape index (κ3) is 4.05. The second-order valence-electron chi connectivity index (χ2n) is 8.08. The second kappa shape index (κ2) is 9.00. The average molecular weight is 438 g/mol. The van der Waals surface area contributed by atoms with Crippen molar-refractivity contribution >= 4 is 18.0 Å². The maximum atomic E-state index is 12.8. The molecule has 4 rings (SSSR count). The van der Waals surface area contributed by atoms with Gasteiger partial charge in [0.25, 0.3) is 0 Å². The molecule has 8 nitrogen and oxygen atoms in total. The van der Waals surface area contributed by atoms with E-state index in [4.69, 9.17) is 9.47 Å². The van der Waals surface area contributed by atoms with Crippen molar-refractivity contribution in [2.24, 2.45) is 0 Å². The molecule has 1 aliphatic carbocycles. The highest BCUT2D eigenvalue weighted by Crippen LogP contribution is 2.44. The molecule has 0 bridgehead atoms. The van der Waals surface area contributed by atoms with Crippen LogP contribution in [0.3, 0.4) is 0 Å². The van der Waals surface area contributed by atoms with Crippen molar-refractivity contribution in [2.45, 2.75) is 38.0 Å². The number of carboxylic acid groups (broad SMARTS) is 1. The van der Waals surface area contributed by atoms with Crippen LogP contribution in [-0.2, 0) is 19.1 Å². The number of carbonyl (C=O) groups excluding carboxylic acids is 2. The van der Waals surface area contributed by atoms with Crippen LogP contribution in [-0.4, -0.2) is 65.9 Å². The number of alkyl carbamates (subject to hydrolysis) is 1. The molecule has 1 saturated heterocycles. The van der Waals surface area contributed by atoms with Gasteiger partial charge in [-0.1, -0.05) is 48.5 Å². The molecule has 1 aliphatic heterocycles. The highest BCUT2D eigenvalue weighted by molar-refractivity contribution is 5.89. The number of ether oxygens (including phenoxy) is 2. The molecule has 32 heavy (non-hydrogen) atoms. The molecule has 8 heteroatoms. The number of fused-ring (bicyclic) bond motifs is 3. The second-order valence-corrected chi connectivity index (χ2v) is 8.08. The minimum absolute atomic E-state index is 0.0874. The highest BCUT2D eigenvalue weighted by Gasteiger charge is 2.40. The van der Waals surface area contributed by atoms with Crippen LogP contribution in [0, 0.1) is 0 Å². The van der Waals surface area contributed by atoms with Gasteiger partial charge in [-0.15, -0.1) is 0 Å². The Bertz CT molecular complexity index is 993. The average Bonchev–Trinajstić information content (AvgIpc) is 3.10. The van der Waals surface area contributed by atoms with Gasteiger partial charge < -0.3 is 24.8 Å². The van der Waals surface area contributed by atoms with E-state index in [1.165, 1.54) is 11.8 Å². The van der Waals surface area contributed by atoms with Gasteiger partial charge in [0.2, 0.25) is 5.91 Å². The van der Waals surface area contributed by atoms with E-state index in [0.717, 1.165) is 22.3 Å². The van der Waals surface area contributed by atoms with E-state index in [-0.39, 0.29) is 25.7 Å². The summed E-state index contributed by atoms with van der Waals surface area (Å²) in [5, 5.41) is 12.0. The summed E-state index contributed by atoms with van der Waals surface area (Å²) in [7, 11) is 0. The molecule has 2 aliphatic rings. The Kier molecular flexibility index (Phi) is 6.14. The van der Waals surface area contributed by atoms with Crippen LogP contribution >= 0.6 is 0 Å². The van der Waals surface area contributed by atoms with Crippen molar-refractivity contribution in [2.75, 3.05) is 19.8 Å². The molecular weight excluding hydrogens is 412 g/mol. The third-order valence-corrected chi connectivity index (χ3v) is 6.08. The van der Waals surface area contributed by atoms with Crippen LogP contribution in [0.15, 0.2) is 48.5 Å². The molecule has 0 aromatic heterocycles. The third-order valence-electron chi connectivity index (χ3n) is 6.08. The van der Waals surface area contributed by atoms with E-state index in [2.05, 4.69) is 17.4 Å². The Balaban J connectivity index is 1.39. The normalized spacial score (nSPS) is 20.8. The summed E-state index contributed by atoms with van der Waals surface area (Å²) in [5.41, 5.74) is 4.44. The molecule has 2 N–H and O–H groups in total. The number of carboxylic acids is 1. The number of aliphatic carboxylic acids is 1. The van der Waals surface area contributed by atoms with Crippen LogP contribution < -0.4 is 5.32 Å². The standard InChI is InChI=1S/C24H26N2O6/c1-14(22(27)26-11-12-31-15(2)21(26)23(28)29)25-24(30)32-13-20-18-9-5-3-7-16(18)17-8-4-6-10-19(17)20/h3-10,14-15,20-21H,11-13H2,1-2H3,(H,25,30)(H,28,29)/t14-,15?,21?/m1/s1. The maximum Gasteiger partial charge on any atom is 0.407 e. The molecule has 1 heterocycles. The molecule has 2 amide bonds. The van der Waals surface area contributed by atoms with E-state index < -0.39 is 36.2 Å². The first-order chi connectivity index (χ1) is 15.4. The summed E-state index contributed by atoms with van der Waals surface area (Å²) in [5.74, 6) is -1.71. The maximum absolute atomic E-state index is 12.8. The Morgan fingerprint density at radius 3 is 2.31 bits per heavy atom. The van der Waals surface area contributed by atoms with E-state index >= 15 is 0 Å². The predicted molar refractivity (Wildman–Crippen MR) is 116 cm³/mol. The van der Waals surface area contributed by atoms with Gasteiger partial charge in [-0.2, -0.15) is 0 Å². The van der Waals surface area contributed by atoms with E-state index in [9.17, 15) is 19.5 Å². The molecule has 168 valence electrons. The number of morpholine rings is 1. The van der Waals surface area contributed by atoms with Crippen LogP contribution in [0.2, 0.25) is 0 Å². The van der Waals surface area contributed by atoms with Gasteiger partial charge in [-0.05, 0) is 36.1 Å². The Morgan fingerprint density at radius 1 is 1.12 bits per heavy atom.